The van der Waals surface area contributed by atoms with Crippen LogP contribution in [0.2, 0.25) is 0 Å². The van der Waals surface area contributed by atoms with Crippen LogP contribution in [-0.4, -0.2) is 60.4 Å². The molecule has 0 atom stereocenters. The van der Waals surface area contributed by atoms with Crippen LogP contribution in [0, 0.1) is 0 Å². The molecular weight excluding hydrogens is 316 g/mol. The predicted octanol–water partition coefficient (Wildman–Crippen LogP) is 0.764. The molecule has 122 valence electrons. The second-order valence-electron chi connectivity index (χ2n) is 5.02. The lowest BCUT2D eigenvalue weighted by Gasteiger charge is -2.27. The van der Waals surface area contributed by atoms with Crippen molar-refractivity contribution in [3.05, 3.63) is 29.4 Å². The molecule has 0 spiro atoms. The first kappa shape index (κ1) is 15.9. The normalized spacial score (nSPS) is 14.7. The average molecular weight is 334 g/mol. The summed E-state index contributed by atoms with van der Waals surface area (Å²) in [6.45, 7) is 3.28. The van der Waals surface area contributed by atoms with Gasteiger partial charge in [-0.1, -0.05) is 0 Å². The number of anilines is 1. The standard InChI is InChI=1S/C15H18N4O3S/c20-6-3-16-14(21)12-10-23-15(18-12)11-1-2-13(17-9-11)19-4-7-22-8-5-19/h1-2,9-10,20H,3-8H2,(H,16,21). The van der Waals surface area contributed by atoms with Crippen molar-refractivity contribution in [3.8, 4) is 10.6 Å². The number of thiazole rings is 1. The highest BCUT2D eigenvalue weighted by atomic mass is 32.1. The number of amides is 1. The third-order valence-electron chi connectivity index (χ3n) is 3.46. The lowest BCUT2D eigenvalue weighted by atomic mass is 10.3. The number of carbonyl (C=O) groups is 1. The summed E-state index contributed by atoms with van der Waals surface area (Å²) >= 11 is 1.40. The molecule has 1 aliphatic rings. The monoisotopic (exact) mass is 334 g/mol. The second-order valence-corrected chi connectivity index (χ2v) is 5.88. The van der Waals surface area contributed by atoms with Crippen LogP contribution >= 0.6 is 11.3 Å². The zero-order chi connectivity index (χ0) is 16.1. The highest BCUT2D eigenvalue weighted by Crippen LogP contribution is 2.24. The molecular formula is C15H18N4O3S. The Hall–Kier alpha value is -2.03. The van der Waals surface area contributed by atoms with E-state index in [0.717, 1.165) is 42.7 Å². The summed E-state index contributed by atoms with van der Waals surface area (Å²) < 4.78 is 5.34. The molecule has 2 aromatic rings. The molecule has 7 nitrogen and oxygen atoms in total. The van der Waals surface area contributed by atoms with Gasteiger partial charge in [0.25, 0.3) is 5.91 Å². The van der Waals surface area contributed by atoms with Gasteiger partial charge in [0.05, 0.1) is 19.8 Å². The Balaban J connectivity index is 1.69. The summed E-state index contributed by atoms with van der Waals surface area (Å²) in [6, 6.07) is 3.93. The van der Waals surface area contributed by atoms with Crippen LogP contribution in [-0.2, 0) is 4.74 Å². The van der Waals surface area contributed by atoms with Crippen molar-refractivity contribution in [2.75, 3.05) is 44.4 Å². The number of carbonyl (C=O) groups excluding carboxylic acids is 1. The SMILES string of the molecule is O=C(NCCO)c1csc(-c2ccc(N3CCOCC3)nc2)n1. The number of rotatable bonds is 5. The van der Waals surface area contributed by atoms with E-state index in [1.54, 1.807) is 11.6 Å². The van der Waals surface area contributed by atoms with Crippen molar-refractivity contribution in [2.45, 2.75) is 0 Å². The van der Waals surface area contributed by atoms with Gasteiger partial charge in [0, 0.05) is 36.8 Å². The summed E-state index contributed by atoms with van der Waals surface area (Å²) in [4.78, 5) is 22.8. The molecule has 23 heavy (non-hydrogen) atoms. The van der Waals surface area contributed by atoms with E-state index in [1.165, 1.54) is 11.3 Å². The van der Waals surface area contributed by atoms with Crippen molar-refractivity contribution >= 4 is 23.1 Å². The van der Waals surface area contributed by atoms with Crippen LogP contribution < -0.4 is 10.2 Å². The average Bonchev–Trinajstić information content (AvgIpc) is 3.11. The van der Waals surface area contributed by atoms with Crippen LogP contribution in [0.4, 0.5) is 5.82 Å². The molecule has 1 amide bonds. The summed E-state index contributed by atoms with van der Waals surface area (Å²) in [5, 5.41) is 13.8. The van der Waals surface area contributed by atoms with Crippen LogP contribution in [0.25, 0.3) is 10.6 Å². The highest BCUT2D eigenvalue weighted by molar-refractivity contribution is 7.13. The van der Waals surface area contributed by atoms with Crippen molar-refractivity contribution in [2.24, 2.45) is 0 Å². The second kappa shape index (κ2) is 7.49. The van der Waals surface area contributed by atoms with E-state index < -0.39 is 0 Å². The van der Waals surface area contributed by atoms with Crippen molar-refractivity contribution in [1.29, 1.82) is 0 Å². The minimum Gasteiger partial charge on any atom is -0.395 e. The number of hydrogen-bond donors (Lipinski definition) is 2. The molecule has 8 heteroatoms. The predicted molar refractivity (Wildman–Crippen MR) is 87.8 cm³/mol. The van der Waals surface area contributed by atoms with E-state index in [4.69, 9.17) is 9.84 Å². The van der Waals surface area contributed by atoms with Crippen molar-refractivity contribution in [3.63, 3.8) is 0 Å². The lowest BCUT2D eigenvalue weighted by molar-refractivity contribution is 0.0940. The van der Waals surface area contributed by atoms with E-state index in [1.807, 2.05) is 12.1 Å². The molecule has 1 saturated heterocycles. The number of morpholine rings is 1. The van der Waals surface area contributed by atoms with Crippen LogP contribution in [0.15, 0.2) is 23.7 Å². The number of hydrogen-bond acceptors (Lipinski definition) is 7. The Morgan fingerprint density at radius 1 is 1.39 bits per heavy atom. The van der Waals surface area contributed by atoms with E-state index in [2.05, 4.69) is 20.2 Å². The molecule has 2 N–H and O–H groups in total. The fourth-order valence-corrected chi connectivity index (χ4v) is 3.05. The molecule has 1 aliphatic heterocycles. The minimum atomic E-state index is -0.278. The molecule has 3 rings (SSSR count). The summed E-state index contributed by atoms with van der Waals surface area (Å²) in [5.74, 6) is 0.647. The van der Waals surface area contributed by atoms with Gasteiger partial charge in [-0.3, -0.25) is 4.79 Å². The van der Waals surface area contributed by atoms with Crippen LogP contribution in [0.1, 0.15) is 10.5 Å². The molecule has 0 bridgehead atoms. The van der Waals surface area contributed by atoms with Gasteiger partial charge >= 0.3 is 0 Å². The summed E-state index contributed by atoms with van der Waals surface area (Å²) in [5.41, 5.74) is 1.24. The molecule has 2 aromatic heterocycles. The minimum absolute atomic E-state index is 0.0876. The Bertz CT molecular complexity index is 653. The number of aromatic nitrogens is 2. The first-order valence-corrected chi connectivity index (χ1v) is 8.29. The number of ether oxygens (including phenoxy) is 1. The van der Waals surface area contributed by atoms with E-state index in [-0.39, 0.29) is 19.1 Å². The zero-order valence-corrected chi connectivity index (χ0v) is 13.4. The lowest BCUT2D eigenvalue weighted by Crippen LogP contribution is -2.36. The number of pyridine rings is 1. The molecule has 0 aromatic carbocycles. The topological polar surface area (TPSA) is 87.6 Å². The Morgan fingerprint density at radius 2 is 2.22 bits per heavy atom. The van der Waals surface area contributed by atoms with E-state index in [0.29, 0.717) is 5.69 Å². The highest BCUT2D eigenvalue weighted by Gasteiger charge is 2.14. The molecule has 0 unspecified atom stereocenters. The maximum Gasteiger partial charge on any atom is 0.270 e. The van der Waals surface area contributed by atoms with Gasteiger partial charge < -0.3 is 20.1 Å². The first-order chi connectivity index (χ1) is 11.3. The number of nitrogens with zero attached hydrogens (tertiary/aromatic N) is 3. The first-order valence-electron chi connectivity index (χ1n) is 7.41. The van der Waals surface area contributed by atoms with Gasteiger partial charge in [-0.15, -0.1) is 11.3 Å². The Labute approximate surface area is 137 Å². The van der Waals surface area contributed by atoms with Crippen molar-refractivity contribution < 1.29 is 14.6 Å². The van der Waals surface area contributed by atoms with E-state index >= 15 is 0 Å². The van der Waals surface area contributed by atoms with Gasteiger partial charge in [-0.25, -0.2) is 9.97 Å². The number of nitrogens with one attached hydrogen (secondary N) is 1. The number of aliphatic hydroxyl groups is 1. The van der Waals surface area contributed by atoms with Gasteiger partial charge in [-0.2, -0.15) is 0 Å². The summed E-state index contributed by atoms with van der Waals surface area (Å²) in [6.07, 6.45) is 1.78. The maximum absolute atomic E-state index is 11.8. The van der Waals surface area contributed by atoms with Gasteiger partial charge in [-0.05, 0) is 12.1 Å². The molecule has 3 heterocycles. The smallest absolute Gasteiger partial charge is 0.270 e. The van der Waals surface area contributed by atoms with Crippen molar-refractivity contribution in [1.82, 2.24) is 15.3 Å². The molecule has 0 aliphatic carbocycles. The fourth-order valence-electron chi connectivity index (χ4n) is 2.26. The largest absolute Gasteiger partial charge is 0.395 e. The Morgan fingerprint density at radius 3 is 2.91 bits per heavy atom. The molecule has 0 saturated carbocycles. The number of aliphatic hydroxyl groups excluding tert-OH is 1. The third kappa shape index (κ3) is 3.84. The van der Waals surface area contributed by atoms with Gasteiger partial charge in [0.1, 0.15) is 16.5 Å². The summed E-state index contributed by atoms with van der Waals surface area (Å²) in [7, 11) is 0. The quantitative estimate of drug-likeness (QED) is 0.839. The van der Waals surface area contributed by atoms with E-state index in [9.17, 15) is 4.79 Å². The molecule has 0 radical (unpaired) electrons. The zero-order valence-electron chi connectivity index (χ0n) is 12.6. The Kier molecular flexibility index (Phi) is 5.16. The van der Waals surface area contributed by atoms with Gasteiger partial charge in [0.2, 0.25) is 0 Å². The fraction of sp³-hybridized carbons (Fsp3) is 0.400. The maximum atomic E-state index is 11.8. The van der Waals surface area contributed by atoms with Crippen LogP contribution in [0.5, 0.6) is 0 Å². The third-order valence-corrected chi connectivity index (χ3v) is 4.36. The van der Waals surface area contributed by atoms with Crippen LogP contribution in [0.3, 0.4) is 0 Å². The van der Waals surface area contributed by atoms with Gasteiger partial charge in [0.15, 0.2) is 0 Å². The molecule has 1 fully saturated rings.